The van der Waals surface area contributed by atoms with Crippen molar-refractivity contribution in [3.63, 3.8) is 0 Å². The van der Waals surface area contributed by atoms with E-state index >= 15 is 0 Å². The zero-order chi connectivity index (χ0) is 30.5. The van der Waals surface area contributed by atoms with Gasteiger partial charge in [0.25, 0.3) is 0 Å². The Morgan fingerprint density at radius 2 is 1.07 bits per heavy atom. The lowest BCUT2D eigenvalue weighted by Gasteiger charge is -2.41. The van der Waals surface area contributed by atoms with E-state index < -0.39 is 5.41 Å². The highest BCUT2D eigenvalue weighted by atomic mass is 16.5. The number of rotatable bonds is 4. The van der Waals surface area contributed by atoms with Crippen LogP contribution in [0.4, 0.5) is 0 Å². The Morgan fingerprint density at radius 1 is 0.435 bits per heavy atom. The van der Waals surface area contributed by atoms with Crippen molar-refractivity contribution in [2.45, 2.75) is 5.41 Å². The van der Waals surface area contributed by atoms with Gasteiger partial charge in [-0.15, -0.1) is 0 Å². The predicted molar refractivity (Wildman–Crippen MR) is 186 cm³/mol. The molecule has 6 aromatic carbocycles. The van der Waals surface area contributed by atoms with Gasteiger partial charge in [0.1, 0.15) is 11.5 Å². The Hall–Kier alpha value is -6.06. The van der Waals surface area contributed by atoms with Crippen LogP contribution in [0.5, 0.6) is 11.5 Å². The monoisotopic (exact) mass is 588 g/mol. The molecule has 0 atom stereocenters. The third kappa shape index (κ3) is 4.06. The first-order chi connectivity index (χ1) is 22.8. The van der Waals surface area contributed by atoms with Gasteiger partial charge in [0.05, 0.1) is 22.1 Å². The zero-order valence-corrected chi connectivity index (χ0v) is 25.0. The SMILES string of the molecule is c1ccc(C2(c3ccc(-c4cccc(-c5ccc6ccc7cccnc7c6n5)c4)cc3)c3ccccc3Oc3ccccc32)cc1. The molecule has 2 aromatic heterocycles. The molecule has 3 heteroatoms. The topological polar surface area (TPSA) is 35.0 Å². The van der Waals surface area contributed by atoms with E-state index in [-0.39, 0.29) is 0 Å². The number of hydrogen-bond donors (Lipinski definition) is 0. The van der Waals surface area contributed by atoms with Crippen LogP contribution in [-0.2, 0) is 5.41 Å². The summed E-state index contributed by atoms with van der Waals surface area (Å²) in [6.45, 7) is 0. The van der Waals surface area contributed by atoms with Crippen LogP contribution in [0.3, 0.4) is 0 Å². The van der Waals surface area contributed by atoms with Crippen LogP contribution in [0.1, 0.15) is 22.3 Å². The Kier molecular flexibility index (Phi) is 6.04. The van der Waals surface area contributed by atoms with E-state index in [0.717, 1.165) is 66.8 Å². The van der Waals surface area contributed by atoms with Gasteiger partial charge in [0.15, 0.2) is 0 Å². The lowest BCUT2D eigenvalue weighted by molar-refractivity contribution is 0.434. The fraction of sp³-hybridized carbons (Fsp3) is 0.0233. The largest absolute Gasteiger partial charge is 0.457 e. The quantitative estimate of drug-likeness (QED) is 0.192. The summed E-state index contributed by atoms with van der Waals surface area (Å²) in [4.78, 5) is 9.74. The molecule has 216 valence electrons. The van der Waals surface area contributed by atoms with Gasteiger partial charge in [-0.25, -0.2) is 4.98 Å². The molecule has 0 unspecified atom stereocenters. The summed E-state index contributed by atoms with van der Waals surface area (Å²) in [5.41, 5.74) is 10.3. The first-order valence-corrected chi connectivity index (χ1v) is 15.6. The minimum absolute atomic E-state index is 0.529. The molecule has 46 heavy (non-hydrogen) atoms. The van der Waals surface area contributed by atoms with Gasteiger partial charge in [0, 0.05) is 33.7 Å². The Morgan fingerprint density at radius 3 is 1.83 bits per heavy atom. The van der Waals surface area contributed by atoms with Gasteiger partial charge < -0.3 is 4.74 Å². The number of para-hydroxylation sites is 2. The second-order valence-electron chi connectivity index (χ2n) is 11.8. The van der Waals surface area contributed by atoms with Gasteiger partial charge in [-0.05, 0) is 52.6 Å². The van der Waals surface area contributed by atoms with Crippen LogP contribution in [0.15, 0.2) is 170 Å². The molecular weight excluding hydrogens is 560 g/mol. The van der Waals surface area contributed by atoms with Gasteiger partial charge in [-0.1, -0.05) is 133 Å². The third-order valence-electron chi connectivity index (χ3n) is 9.25. The number of ether oxygens (including phenoxy) is 1. The van der Waals surface area contributed by atoms with Crippen molar-refractivity contribution in [3.05, 3.63) is 192 Å². The Labute approximate surface area is 267 Å². The van der Waals surface area contributed by atoms with Crippen LogP contribution in [0.2, 0.25) is 0 Å². The van der Waals surface area contributed by atoms with Crippen molar-refractivity contribution >= 4 is 21.8 Å². The van der Waals surface area contributed by atoms with Crippen LogP contribution in [0, 0.1) is 0 Å². The fourth-order valence-electron chi connectivity index (χ4n) is 7.13. The van der Waals surface area contributed by atoms with E-state index in [1.165, 1.54) is 11.1 Å². The maximum absolute atomic E-state index is 6.46. The van der Waals surface area contributed by atoms with Crippen LogP contribution in [0.25, 0.3) is 44.2 Å². The van der Waals surface area contributed by atoms with E-state index in [1.54, 1.807) is 0 Å². The van der Waals surface area contributed by atoms with E-state index in [0.29, 0.717) is 0 Å². The van der Waals surface area contributed by atoms with Crippen LogP contribution < -0.4 is 4.74 Å². The lowest BCUT2D eigenvalue weighted by Crippen LogP contribution is -2.34. The summed E-state index contributed by atoms with van der Waals surface area (Å²) in [6, 6.07) is 57.8. The average Bonchev–Trinajstić information content (AvgIpc) is 3.14. The van der Waals surface area contributed by atoms with Gasteiger partial charge in [-0.3, -0.25) is 4.98 Å². The van der Waals surface area contributed by atoms with Crippen molar-refractivity contribution in [2.75, 3.05) is 0 Å². The molecule has 8 aromatic rings. The lowest BCUT2D eigenvalue weighted by atomic mass is 9.63. The predicted octanol–water partition coefficient (Wildman–Crippen LogP) is 10.6. The zero-order valence-electron chi connectivity index (χ0n) is 25.0. The number of hydrogen-bond acceptors (Lipinski definition) is 3. The number of fused-ring (bicyclic) bond motifs is 5. The first kappa shape index (κ1) is 26.4. The maximum atomic E-state index is 6.46. The number of nitrogens with zero attached hydrogens (tertiary/aromatic N) is 2. The summed E-state index contributed by atoms with van der Waals surface area (Å²) in [7, 11) is 0. The van der Waals surface area contributed by atoms with E-state index in [4.69, 9.17) is 9.72 Å². The fourth-order valence-corrected chi connectivity index (χ4v) is 7.13. The molecule has 0 saturated carbocycles. The molecule has 0 aliphatic carbocycles. The molecule has 1 aliphatic rings. The van der Waals surface area contributed by atoms with E-state index in [1.807, 2.05) is 24.4 Å². The molecule has 0 bridgehead atoms. The van der Waals surface area contributed by atoms with Crippen molar-refractivity contribution in [2.24, 2.45) is 0 Å². The third-order valence-corrected chi connectivity index (χ3v) is 9.25. The summed E-state index contributed by atoms with van der Waals surface area (Å²) in [5.74, 6) is 1.76. The number of benzene rings is 6. The molecule has 3 heterocycles. The van der Waals surface area contributed by atoms with Crippen LogP contribution >= 0.6 is 0 Å². The van der Waals surface area contributed by atoms with Crippen molar-refractivity contribution < 1.29 is 4.74 Å². The van der Waals surface area contributed by atoms with Crippen molar-refractivity contribution in [1.82, 2.24) is 9.97 Å². The van der Waals surface area contributed by atoms with Gasteiger partial charge in [-0.2, -0.15) is 0 Å². The highest BCUT2D eigenvalue weighted by Gasteiger charge is 2.45. The Bertz CT molecular complexity index is 2350. The smallest absolute Gasteiger partial charge is 0.132 e. The molecule has 0 radical (unpaired) electrons. The highest BCUT2D eigenvalue weighted by Crippen LogP contribution is 2.55. The molecule has 0 N–H and O–H groups in total. The summed E-state index contributed by atoms with van der Waals surface area (Å²) < 4.78 is 6.46. The molecule has 0 saturated heterocycles. The second-order valence-corrected chi connectivity index (χ2v) is 11.8. The van der Waals surface area contributed by atoms with Crippen molar-refractivity contribution in [3.8, 4) is 33.9 Å². The minimum atomic E-state index is -0.529. The molecular formula is C43H28N2O. The number of pyridine rings is 2. The molecule has 3 nitrogen and oxygen atoms in total. The molecule has 0 amide bonds. The summed E-state index contributed by atoms with van der Waals surface area (Å²) >= 11 is 0. The van der Waals surface area contributed by atoms with Gasteiger partial charge in [0.2, 0.25) is 0 Å². The number of aromatic nitrogens is 2. The van der Waals surface area contributed by atoms with Gasteiger partial charge >= 0.3 is 0 Å². The first-order valence-electron chi connectivity index (χ1n) is 15.6. The maximum Gasteiger partial charge on any atom is 0.132 e. The molecule has 0 spiro atoms. The summed E-state index contributed by atoms with van der Waals surface area (Å²) in [6.07, 6.45) is 1.83. The van der Waals surface area contributed by atoms with E-state index in [9.17, 15) is 0 Å². The highest BCUT2D eigenvalue weighted by molar-refractivity contribution is 6.03. The molecule has 0 fully saturated rings. The van der Waals surface area contributed by atoms with Crippen molar-refractivity contribution in [1.29, 1.82) is 0 Å². The Balaban J connectivity index is 1.17. The average molecular weight is 589 g/mol. The second kappa shape index (κ2) is 10.5. The van der Waals surface area contributed by atoms with Crippen LogP contribution in [-0.4, -0.2) is 9.97 Å². The minimum Gasteiger partial charge on any atom is -0.457 e. The summed E-state index contributed by atoms with van der Waals surface area (Å²) in [5, 5.41) is 2.18. The molecule has 1 aliphatic heterocycles. The standard InChI is InChI=1S/C43H28N2O/c1-2-13-34(14-3-1)43(36-15-4-6-17-39(36)46-40-18-7-5-16-37(40)43)35-24-21-29(22-25-35)32-10-8-11-33(28-32)38-26-23-31-20-19-30-12-9-27-44-41(30)42(31)45-38/h1-28H. The normalized spacial score (nSPS) is 13.1. The molecule has 9 rings (SSSR count). The van der Waals surface area contributed by atoms with E-state index in [2.05, 4.69) is 151 Å².